The lowest BCUT2D eigenvalue weighted by atomic mass is 9.72. The zero-order valence-electron chi connectivity index (χ0n) is 19.0. The molecule has 8 saturated heterocycles. The highest BCUT2D eigenvalue weighted by molar-refractivity contribution is 5.21. The zero-order valence-corrected chi connectivity index (χ0v) is 19.0. The van der Waals surface area contributed by atoms with Gasteiger partial charge < -0.3 is 42.6 Å². The van der Waals surface area contributed by atoms with Crippen molar-refractivity contribution in [3.05, 3.63) is 0 Å². The Morgan fingerprint density at radius 3 is 1.00 bits per heavy atom. The van der Waals surface area contributed by atoms with E-state index in [0.717, 1.165) is 78.2 Å². The fourth-order valence-electron chi connectivity index (χ4n) is 6.27. The van der Waals surface area contributed by atoms with Crippen molar-refractivity contribution < 1.29 is 42.6 Å². The van der Waals surface area contributed by atoms with E-state index in [1.807, 2.05) is 0 Å². The molecule has 8 rings (SSSR count). The maximum Gasteiger partial charge on any atom is 0.123 e. The molecule has 0 spiro atoms. The highest BCUT2D eigenvalue weighted by Crippen LogP contribution is 2.60. The van der Waals surface area contributed by atoms with E-state index < -0.39 is 11.2 Å². The summed E-state index contributed by atoms with van der Waals surface area (Å²) in [6.07, 6.45) is 6.33. The number of ether oxygens (including phenoxy) is 9. The predicted molar refractivity (Wildman–Crippen MR) is 110 cm³/mol. The minimum atomic E-state index is -0.519. The second-order valence-corrected chi connectivity index (χ2v) is 11.6. The summed E-state index contributed by atoms with van der Waals surface area (Å²) in [4.78, 5) is 0. The van der Waals surface area contributed by atoms with Crippen molar-refractivity contribution in [2.45, 2.75) is 97.6 Å². The summed E-state index contributed by atoms with van der Waals surface area (Å²) in [5, 5.41) is 0. The van der Waals surface area contributed by atoms with Gasteiger partial charge in [0.2, 0.25) is 0 Å². The molecule has 0 radical (unpaired) electrons. The molecule has 0 aromatic heterocycles. The summed E-state index contributed by atoms with van der Waals surface area (Å²) in [6.45, 7) is 6.16. The SMILES string of the molecule is C1OC1CC1(C(CC2CO2)(CC2CO2)OC(CC2CO2)(CC2CO2)C2(CC3CO3)CO2)CO1. The van der Waals surface area contributed by atoms with Crippen LogP contribution in [0.2, 0.25) is 0 Å². The van der Waals surface area contributed by atoms with Crippen molar-refractivity contribution in [1.82, 2.24) is 0 Å². The molecule has 9 heteroatoms. The number of hydrogen-bond acceptors (Lipinski definition) is 9. The van der Waals surface area contributed by atoms with Crippen LogP contribution in [0.3, 0.4) is 0 Å². The third-order valence-corrected chi connectivity index (χ3v) is 8.80. The summed E-state index contributed by atoms with van der Waals surface area (Å²) in [6, 6.07) is 0. The molecule has 8 atom stereocenters. The first kappa shape index (κ1) is 20.8. The molecule has 0 amide bonds. The molecule has 9 nitrogen and oxygen atoms in total. The summed E-state index contributed by atoms with van der Waals surface area (Å²) in [5.74, 6) is 0. The average Bonchev–Trinajstić information content (AvgIpc) is 3.54. The Bertz CT molecular complexity index is 679. The van der Waals surface area contributed by atoms with E-state index in [1.54, 1.807) is 0 Å². The van der Waals surface area contributed by atoms with Gasteiger partial charge in [0, 0.05) is 38.5 Å². The Labute approximate surface area is 193 Å². The zero-order chi connectivity index (χ0) is 21.7. The monoisotopic (exact) mass is 466 g/mol. The van der Waals surface area contributed by atoms with E-state index in [9.17, 15) is 0 Å². The highest BCUT2D eigenvalue weighted by Gasteiger charge is 2.73. The topological polar surface area (TPSA) is 109 Å². The summed E-state index contributed by atoms with van der Waals surface area (Å²) in [5.41, 5.74) is -1.76. The number of epoxide rings is 8. The molecule has 33 heavy (non-hydrogen) atoms. The van der Waals surface area contributed by atoms with E-state index in [2.05, 4.69) is 0 Å². The summed E-state index contributed by atoms with van der Waals surface area (Å²) in [7, 11) is 0. The van der Waals surface area contributed by atoms with Crippen LogP contribution >= 0.6 is 0 Å². The Morgan fingerprint density at radius 1 is 0.515 bits per heavy atom. The van der Waals surface area contributed by atoms with Crippen LogP contribution in [0, 0.1) is 0 Å². The molecule has 8 unspecified atom stereocenters. The van der Waals surface area contributed by atoms with Crippen LogP contribution in [0.4, 0.5) is 0 Å². The Morgan fingerprint density at radius 2 is 0.788 bits per heavy atom. The van der Waals surface area contributed by atoms with Gasteiger partial charge in [0.05, 0.1) is 89.5 Å². The second-order valence-electron chi connectivity index (χ2n) is 11.6. The maximum absolute atomic E-state index is 7.66. The normalized spacial score (nSPS) is 51.3. The van der Waals surface area contributed by atoms with Crippen LogP contribution < -0.4 is 0 Å². The molecule has 0 aliphatic carbocycles. The van der Waals surface area contributed by atoms with Crippen molar-refractivity contribution in [1.29, 1.82) is 0 Å². The lowest BCUT2D eigenvalue weighted by Gasteiger charge is -2.49. The molecule has 184 valence electrons. The third-order valence-electron chi connectivity index (χ3n) is 8.80. The predicted octanol–water partition coefficient (Wildman–Crippen LogP) is 0.752. The van der Waals surface area contributed by atoms with Crippen LogP contribution in [-0.4, -0.2) is 112 Å². The first-order valence-corrected chi connectivity index (χ1v) is 12.8. The fraction of sp³-hybridized carbons (Fsp3) is 1.00. The largest absolute Gasteiger partial charge is 0.373 e. The molecule has 8 fully saturated rings. The van der Waals surface area contributed by atoms with Gasteiger partial charge in [-0.2, -0.15) is 0 Å². The minimum absolute atomic E-state index is 0.208. The molecule has 0 bridgehead atoms. The van der Waals surface area contributed by atoms with Gasteiger partial charge in [-0.15, -0.1) is 0 Å². The minimum Gasteiger partial charge on any atom is -0.373 e. The Hall–Kier alpha value is -0.360. The molecule has 8 heterocycles. The number of rotatable bonds is 16. The molecule has 0 aromatic carbocycles. The smallest absolute Gasteiger partial charge is 0.123 e. The maximum atomic E-state index is 7.66. The molecular weight excluding hydrogens is 432 g/mol. The van der Waals surface area contributed by atoms with Gasteiger partial charge in [-0.3, -0.25) is 0 Å². The van der Waals surface area contributed by atoms with E-state index in [1.165, 1.54) is 0 Å². The number of hydrogen-bond donors (Lipinski definition) is 0. The highest BCUT2D eigenvalue weighted by atomic mass is 16.7. The third kappa shape index (κ3) is 4.17. The van der Waals surface area contributed by atoms with Crippen LogP contribution in [0.5, 0.6) is 0 Å². The van der Waals surface area contributed by atoms with Crippen LogP contribution in [0.1, 0.15) is 38.5 Å². The fourth-order valence-corrected chi connectivity index (χ4v) is 6.27. The van der Waals surface area contributed by atoms with Crippen molar-refractivity contribution in [2.24, 2.45) is 0 Å². The lowest BCUT2D eigenvalue weighted by molar-refractivity contribution is -0.234. The molecule has 0 saturated carbocycles. The van der Waals surface area contributed by atoms with Crippen LogP contribution in [0.15, 0.2) is 0 Å². The quantitative estimate of drug-likeness (QED) is 0.304. The van der Waals surface area contributed by atoms with Gasteiger partial charge in [0.15, 0.2) is 0 Å². The van der Waals surface area contributed by atoms with Crippen molar-refractivity contribution in [3.8, 4) is 0 Å². The van der Waals surface area contributed by atoms with Gasteiger partial charge in [-0.1, -0.05) is 0 Å². The molecule has 8 aliphatic heterocycles. The molecule has 8 aliphatic rings. The summed E-state index contributed by atoms with van der Waals surface area (Å²) >= 11 is 0. The van der Waals surface area contributed by atoms with Crippen molar-refractivity contribution in [2.75, 3.05) is 52.9 Å². The van der Waals surface area contributed by atoms with Crippen molar-refractivity contribution >= 4 is 0 Å². The van der Waals surface area contributed by atoms with E-state index in [0.29, 0.717) is 13.2 Å². The standard InChI is InChI=1S/C24H34O9/c1(15-7-25-15)21(2-16-8-26-16,23(13-31-23)5-19-11-29-19)33-22(3-17-9-27-17,4-18-10-28-18)24(14-32-24)6-20-12-30-20/h15-20H,1-14H2. The van der Waals surface area contributed by atoms with Gasteiger partial charge in [-0.25, -0.2) is 0 Å². The molecule has 0 aromatic rings. The van der Waals surface area contributed by atoms with Gasteiger partial charge >= 0.3 is 0 Å². The van der Waals surface area contributed by atoms with Gasteiger partial charge in [0.1, 0.15) is 22.4 Å². The second kappa shape index (κ2) is 7.11. The molecular formula is C24H34O9. The Balaban J connectivity index is 1.19. The van der Waals surface area contributed by atoms with Gasteiger partial charge in [0.25, 0.3) is 0 Å². The first-order valence-electron chi connectivity index (χ1n) is 12.8. The van der Waals surface area contributed by atoms with E-state index in [-0.39, 0.29) is 47.8 Å². The Kier molecular flexibility index (Phi) is 4.48. The lowest BCUT2D eigenvalue weighted by Crippen LogP contribution is -2.61. The van der Waals surface area contributed by atoms with Crippen LogP contribution in [-0.2, 0) is 42.6 Å². The first-order chi connectivity index (χ1) is 16.1. The molecule has 0 N–H and O–H groups in total. The van der Waals surface area contributed by atoms with Gasteiger partial charge in [-0.05, 0) is 0 Å². The van der Waals surface area contributed by atoms with Crippen LogP contribution in [0.25, 0.3) is 0 Å². The van der Waals surface area contributed by atoms with Crippen molar-refractivity contribution in [3.63, 3.8) is 0 Å². The summed E-state index contributed by atoms with van der Waals surface area (Å²) < 4.78 is 54.8. The van der Waals surface area contributed by atoms with E-state index >= 15 is 0 Å². The average molecular weight is 467 g/mol. The van der Waals surface area contributed by atoms with E-state index in [4.69, 9.17) is 42.6 Å².